The van der Waals surface area contributed by atoms with E-state index in [0.29, 0.717) is 28.1 Å². The molecule has 0 unspecified atom stereocenters. The molecule has 0 aromatic heterocycles. The van der Waals surface area contributed by atoms with E-state index in [2.05, 4.69) is 5.32 Å². The van der Waals surface area contributed by atoms with Crippen LogP contribution in [0.2, 0.25) is 0 Å². The Morgan fingerprint density at radius 2 is 1.45 bits per heavy atom. The van der Waals surface area contributed by atoms with E-state index in [-0.39, 0.29) is 0 Å². The van der Waals surface area contributed by atoms with E-state index in [0.717, 1.165) is 4.90 Å². The summed E-state index contributed by atoms with van der Waals surface area (Å²) in [5, 5.41) is 2.99. The molecule has 8 nitrogen and oxygen atoms in total. The Bertz CT molecular complexity index is 1410. The summed E-state index contributed by atoms with van der Waals surface area (Å²) in [7, 11) is 1.54. The first-order valence-electron chi connectivity index (χ1n) is 13.1. The first kappa shape index (κ1) is 28.7. The van der Waals surface area contributed by atoms with Gasteiger partial charge in [-0.05, 0) is 76.4 Å². The third-order valence-electron chi connectivity index (χ3n) is 6.44. The van der Waals surface area contributed by atoms with Gasteiger partial charge < -0.3 is 19.5 Å². The van der Waals surface area contributed by atoms with E-state index in [1.165, 1.54) is 7.11 Å². The fraction of sp³-hybridized carbons (Fsp3) is 0.344. The molecule has 4 rings (SSSR count). The summed E-state index contributed by atoms with van der Waals surface area (Å²) >= 11 is 0. The number of imide groups is 1. The number of hydrogen-bond acceptors (Lipinski definition) is 6. The smallest absolute Gasteiger partial charge is 0.421 e. The molecule has 0 bridgehead atoms. The maximum atomic E-state index is 14.9. The SMILES string of the molecule is COc1cccc([C@]2([C@@H](NC(=O)OC(C)(C)C)c3ccccc3)C(=O)N(C(=O)OC(C)(C)C)c3ccccc32)c1. The molecular formula is C32H36N2O6. The lowest BCUT2D eigenvalue weighted by atomic mass is 9.67. The van der Waals surface area contributed by atoms with E-state index >= 15 is 0 Å². The standard InChI is InChI=1S/C32H36N2O6/c1-30(2,3)39-28(36)33-26(21-14-9-8-10-15-21)32(22-16-13-17-23(20-22)38-7)24-18-11-12-19-25(24)34(27(32)35)29(37)40-31(4,5)6/h8-20,26H,1-7H3,(H,33,36)/t26-,32-/m0/s1. The van der Waals surface area contributed by atoms with Crippen molar-refractivity contribution < 1.29 is 28.6 Å². The van der Waals surface area contributed by atoms with Gasteiger partial charge in [0.25, 0.3) is 5.91 Å². The largest absolute Gasteiger partial charge is 0.497 e. The lowest BCUT2D eigenvalue weighted by Crippen LogP contribution is -2.53. The van der Waals surface area contributed by atoms with Crippen LogP contribution in [0.1, 0.15) is 64.3 Å². The zero-order valence-electron chi connectivity index (χ0n) is 24.0. The highest BCUT2D eigenvalue weighted by Crippen LogP contribution is 2.53. The van der Waals surface area contributed by atoms with Crippen molar-refractivity contribution >= 4 is 23.8 Å². The summed E-state index contributed by atoms with van der Waals surface area (Å²) in [5.74, 6) is -0.0527. The molecule has 3 aromatic carbocycles. The van der Waals surface area contributed by atoms with Gasteiger partial charge in [-0.15, -0.1) is 0 Å². The van der Waals surface area contributed by atoms with E-state index in [1.807, 2.05) is 30.3 Å². The van der Waals surface area contributed by atoms with Crippen LogP contribution in [0, 0.1) is 0 Å². The van der Waals surface area contributed by atoms with Crippen LogP contribution in [0.25, 0.3) is 0 Å². The number of benzene rings is 3. The Morgan fingerprint density at radius 1 is 0.825 bits per heavy atom. The quantitative estimate of drug-likeness (QED) is 0.393. The van der Waals surface area contributed by atoms with Crippen molar-refractivity contribution in [1.82, 2.24) is 5.32 Å². The fourth-order valence-corrected chi connectivity index (χ4v) is 5.00. The molecule has 3 aromatic rings. The first-order valence-corrected chi connectivity index (χ1v) is 13.1. The Morgan fingerprint density at radius 3 is 2.08 bits per heavy atom. The molecule has 0 saturated heterocycles. The maximum Gasteiger partial charge on any atom is 0.421 e. The highest BCUT2D eigenvalue weighted by Gasteiger charge is 2.60. The van der Waals surface area contributed by atoms with E-state index < -0.39 is 40.8 Å². The average Bonchev–Trinajstić information content (AvgIpc) is 3.14. The second kappa shape index (κ2) is 10.7. The van der Waals surface area contributed by atoms with Crippen LogP contribution in [-0.4, -0.2) is 36.4 Å². The predicted molar refractivity (Wildman–Crippen MR) is 152 cm³/mol. The topological polar surface area (TPSA) is 94.2 Å². The van der Waals surface area contributed by atoms with Crippen molar-refractivity contribution in [3.8, 4) is 5.75 Å². The Hall–Kier alpha value is -4.33. The molecule has 0 spiro atoms. The summed E-state index contributed by atoms with van der Waals surface area (Å²) in [6.07, 6.45) is -1.51. The summed E-state index contributed by atoms with van der Waals surface area (Å²) in [5.41, 5.74) is -1.14. The van der Waals surface area contributed by atoms with Gasteiger partial charge in [-0.1, -0.05) is 60.7 Å². The molecule has 8 heteroatoms. The second-order valence-electron chi connectivity index (χ2n) is 11.7. The van der Waals surface area contributed by atoms with Gasteiger partial charge in [0.1, 0.15) is 22.4 Å². The van der Waals surface area contributed by atoms with Crippen molar-refractivity contribution in [2.45, 2.75) is 64.2 Å². The number of ether oxygens (including phenoxy) is 3. The van der Waals surface area contributed by atoms with Gasteiger partial charge in [0.2, 0.25) is 0 Å². The van der Waals surface area contributed by atoms with Crippen LogP contribution in [0.4, 0.5) is 15.3 Å². The zero-order chi connectivity index (χ0) is 29.3. The summed E-state index contributed by atoms with van der Waals surface area (Å²) in [4.78, 5) is 42.9. The molecular weight excluding hydrogens is 508 g/mol. The minimum Gasteiger partial charge on any atom is -0.497 e. The van der Waals surface area contributed by atoms with Crippen LogP contribution in [0.3, 0.4) is 0 Å². The van der Waals surface area contributed by atoms with Crippen LogP contribution in [-0.2, 0) is 19.7 Å². The van der Waals surface area contributed by atoms with Crippen molar-refractivity contribution in [2.24, 2.45) is 0 Å². The van der Waals surface area contributed by atoms with Gasteiger partial charge in [-0.25, -0.2) is 14.5 Å². The average molecular weight is 545 g/mol. The number of hydrogen-bond donors (Lipinski definition) is 1. The maximum absolute atomic E-state index is 14.9. The summed E-state index contributed by atoms with van der Waals surface area (Å²) in [6.45, 7) is 10.5. The molecule has 40 heavy (non-hydrogen) atoms. The molecule has 1 aliphatic rings. The normalized spacial score (nSPS) is 17.6. The van der Waals surface area contributed by atoms with Crippen LogP contribution in [0.5, 0.6) is 5.75 Å². The molecule has 0 fully saturated rings. The third-order valence-corrected chi connectivity index (χ3v) is 6.44. The van der Waals surface area contributed by atoms with Gasteiger partial charge in [0.15, 0.2) is 0 Å². The van der Waals surface area contributed by atoms with Crippen molar-refractivity contribution in [2.75, 3.05) is 12.0 Å². The molecule has 1 heterocycles. The number of carbonyl (C=O) groups excluding carboxylic acids is 3. The first-order chi connectivity index (χ1) is 18.8. The molecule has 210 valence electrons. The fourth-order valence-electron chi connectivity index (χ4n) is 5.00. The Balaban J connectivity index is 2.04. The third kappa shape index (κ3) is 5.52. The van der Waals surface area contributed by atoms with Crippen LogP contribution in [0.15, 0.2) is 78.9 Å². The highest BCUT2D eigenvalue weighted by atomic mass is 16.6. The van der Waals surface area contributed by atoms with Gasteiger partial charge in [0.05, 0.1) is 18.8 Å². The van der Waals surface area contributed by atoms with Gasteiger partial charge in [-0.2, -0.15) is 0 Å². The summed E-state index contributed by atoms with van der Waals surface area (Å²) in [6, 6.07) is 22.3. The predicted octanol–water partition coefficient (Wildman–Crippen LogP) is 6.53. The number of rotatable bonds is 5. The molecule has 0 aliphatic carbocycles. The molecule has 2 atom stereocenters. The zero-order valence-corrected chi connectivity index (χ0v) is 24.0. The van der Waals surface area contributed by atoms with Gasteiger partial charge >= 0.3 is 12.2 Å². The van der Waals surface area contributed by atoms with Crippen molar-refractivity contribution in [1.29, 1.82) is 0 Å². The lowest BCUT2D eigenvalue weighted by Gasteiger charge is -2.38. The number of nitrogens with zero attached hydrogens (tertiary/aromatic N) is 1. The minimum absolute atomic E-state index is 0.372. The number of alkyl carbamates (subject to hydrolysis) is 1. The number of para-hydroxylation sites is 1. The number of carbonyl (C=O) groups is 3. The number of nitrogens with one attached hydrogen (secondary N) is 1. The van der Waals surface area contributed by atoms with Crippen LogP contribution >= 0.6 is 0 Å². The lowest BCUT2D eigenvalue weighted by molar-refractivity contribution is -0.122. The van der Waals surface area contributed by atoms with Crippen LogP contribution < -0.4 is 15.0 Å². The summed E-state index contributed by atoms with van der Waals surface area (Å²) < 4.78 is 16.9. The second-order valence-corrected chi connectivity index (χ2v) is 11.7. The Kier molecular flexibility index (Phi) is 7.65. The molecule has 0 saturated carbocycles. The van der Waals surface area contributed by atoms with Crippen molar-refractivity contribution in [3.05, 3.63) is 95.6 Å². The van der Waals surface area contributed by atoms with Crippen molar-refractivity contribution in [3.63, 3.8) is 0 Å². The highest BCUT2D eigenvalue weighted by molar-refractivity contribution is 6.23. The molecule has 1 N–H and O–H groups in total. The van der Waals surface area contributed by atoms with E-state index in [4.69, 9.17) is 14.2 Å². The monoisotopic (exact) mass is 544 g/mol. The number of anilines is 1. The molecule has 0 radical (unpaired) electrons. The number of amides is 3. The van der Waals surface area contributed by atoms with Gasteiger partial charge in [-0.3, -0.25) is 4.79 Å². The van der Waals surface area contributed by atoms with Gasteiger partial charge in [0, 0.05) is 0 Å². The number of methoxy groups -OCH3 is 1. The minimum atomic E-state index is -1.58. The number of fused-ring (bicyclic) bond motifs is 1. The molecule has 3 amide bonds. The molecule has 1 aliphatic heterocycles. The van der Waals surface area contributed by atoms with E-state index in [9.17, 15) is 14.4 Å². The van der Waals surface area contributed by atoms with E-state index in [1.54, 1.807) is 90.1 Å². The Labute approximate surface area is 235 Å².